The lowest BCUT2D eigenvalue weighted by atomic mass is 9.74. The molecule has 0 amide bonds. The number of rotatable bonds is 15. The number of benzene rings is 1. The maximum absolute atomic E-state index is 11.7. The Hall–Kier alpha value is -3.22. The molecule has 322 valence electrons. The fraction of sp³-hybridized carbons (Fsp3) is 0.773. The van der Waals surface area contributed by atoms with Crippen LogP contribution in [0.5, 0.6) is 11.5 Å². The van der Waals surface area contributed by atoms with E-state index in [-0.39, 0.29) is 52.5 Å². The molecule has 0 bridgehead atoms. The second-order valence-corrected chi connectivity index (χ2v) is 16.5. The van der Waals surface area contributed by atoms with Crippen molar-refractivity contribution in [3.63, 3.8) is 0 Å². The third-order valence-electron chi connectivity index (χ3n) is 11.6. The normalized spacial score (nSPS) is 23.3. The van der Waals surface area contributed by atoms with Crippen molar-refractivity contribution in [1.29, 1.82) is 0 Å². The SMILES string of the molecule is CCC(C)(C)C(=O)OCC1CO1.CCC(C)(C)C(=O)Oc1ccc(O)cc1.CCC(C)C(=O)OCC1CCC(CO)CC1.CCC1COCC1(CC)C(=O)OC. The Balaban J connectivity index is 0.000000375. The number of aliphatic hydroxyl groups excluding tert-OH is 1. The molecule has 12 heteroatoms. The van der Waals surface area contributed by atoms with E-state index in [0.717, 1.165) is 64.4 Å². The number of epoxide rings is 1. The van der Waals surface area contributed by atoms with Crippen LogP contribution in [-0.4, -0.2) is 86.9 Å². The van der Waals surface area contributed by atoms with Gasteiger partial charge in [-0.05, 0) is 122 Å². The predicted molar refractivity (Wildman–Crippen MR) is 215 cm³/mol. The number of methoxy groups -OCH3 is 1. The number of ether oxygens (including phenoxy) is 6. The Kier molecular flexibility index (Phi) is 22.9. The van der Waals surface area contributed by atoms with E-state index in [9.17, 15) is 19.2 Å². The van der Waals surface area contributed by atoms with Gasteiger partial charge >= 0.3 is 23.9 Å². The van der Waals surface area contributed by atoms with Gasteiger partial charge in [0.2, 0.25) is 0 Å². The molecule has 4 rings (SSSR count). The van der Waals surface area contributed by atoms with Crippen molar-refractivity contribution in [3.8, 4) is 11.5 Å². The zero-order chi connectivity index (χ0) is 42.5. The first-order chi connectivity index (χ1) is 26.4. The number of phenols is 1. The van der Waals surface area contributed by atoms with E-state index in [1.165, 1.54) is 19.2 Å². The molecule has 1 aromatic rings. The summed E-state index contributed by atoms with van der Waals surface area (Å²) in [7, 11) is 1.45. The number of hydrogen-bond donors (Lipinski definition) is 2. The van der Waals surface area contributed by atoms with Gasteiger partial charge < -0.3 is 38.6 Å². The van der Waals surface area contributed by atoms with Crippen LogP contribution in [0.4, 0.5) is 0 Å². The molecule has 2 heterocycles. The summed E-state index contributed by atoms with van der Waals surface area (Å²) in [6, 6.07) is 6.11. The zero-order valence-electron chi connectivity index (χ0n) is 36.3. The monoisotopic (exact) mass is 795 g/mol. The average Bonchev–Trinajstić information content (AvgIpc) is 3.95. The minimum atomic E-state index is -0.474. The molecule has 1 aliphatic carbocycles. The summed E-state index contributed by atoms with van der Waals surface area (Å²) in [4.78, 5) is 46.1. The third kappa shape index (κ3) is 17.1. The van der Waals surface area contributed by atoms with Crippen molar-refractivity contribution in [3.05, 3.63) is 24.3 Å². The van der Waals surface area contributed by atoms with Gasteiger partial charge in [0.05, 0.1) is 55.7 Å². The smallest absolute Gasteiger partial charge is 0.316 e. The van der Waals surface area contributed by atoms with Gasteiger partial charge in [-0.1, -0.05) is 41.5 Å². The summed E-state index contributed by atoms with van der Waals surface area (Å²) in [5.74, 6) is 1.39. The van der Waals surface area contributed by atoms with E-state index in [4.69, 9.17) is 38.6 Å². The Bertz CT molecular complexity index is 1300. The number of aromatic hydroxyl groups is 1. The average molecular weight is 795 g/mol. The minimum Gasteiger partial charge on any atom is -0.508 e. The van der Waals surface area contributed by atoms with E-state index in [1.54, 1.807) is 12.1 Å². The van der Waals surface area contributed by atoms with Gasteiger partial charge in [0.15, 0.2) is 0 Å². The largest absolute Gasteiger partial charge is 0.508 e. The summed E-state index contributed by atoms with van der Waals surface area (Å²) in [5, 5.41) is 18.1. The van der Waals surface area contributed by atoms with Gasteiger partial charge in [0.25, 0.3) is 0 Å². The van der Waals surface area contributed by atoms with Crippen molar-refractivity contribution < 1.29 is 57.8 Å². The van der Waals surface area contributed by atoms with Crippen LogP contribution in [0.1, 0.15) is 127 Å². The maximum atomic E-state index is 11.7. The molecule has 0 spiro atoms. The molecule has 12 nitrogen and oxygen atoms in total. The van der Waals surface area contributed by atoms with Crippen LogP contribution in [0.3, 0.4) is 0 Å². The van der Waals surface area contributed by atoms with Crippen molar-refractivity contribution in [2.75, 3.05) is 46.8 Å². The summed E-state index contributed by atoms with van der Waals surface area (Å²) >= 11 is 0. The van der Waals surface area contributed by atoms with E-state index >= 15 is 0 Å². The van der Waals surface area contributed by atoms with Crippen molar-refractivity contribution >= 4 is 23.9 Å². The molecule has 1 aromatic carbocycles. The fourth-order valence-corrected chi connectivity index (χ4v) is 5.80. The zero-order valence-corrected chi connectivity index (χ0v) is 36.3. The van der Waals surface area contributed by atoms with Gasteiger partial charge in [-0.3, -0.25) is 19.2 Å². The van der Waals surface area contributed by atoms with Crippen LogP contribution < -0.4 is 4.74 Å². The maximum Gasteiger partial charge on any atom is 0.316 e. The molecule has 56 heavy (non-hydrogen) atoms. The summed E-state index contributed by atoms with van der Waals surface area (Å²) in [6.45, 7) is 22.7. The quantitative estimate of drug-likeness (QED) is 0.0759. The number of hydrogen-bond acceptors (Lipinski definition) is 12. The lowest BCUT2D eigenvalue weighted by Gasteiger charge is -2.28. The van der Waals surface area contributed by atoms with E-state index in [0.29, 0.717) is 56.5 Å². The Morgan fingerprint density at radius 1 is 0.839 bits per heavy atom. The highest BCUT2D eigenvalue weighted by Crippen LogP contribution is 2.40. The lowest BCUT2D eigenvalue weighted by molar-refractivity contribution is -0.155. The van der Waals surface area contributed by atoms with Gasteiger partial charge in [0, 0.05) is 12.5 Å². The van der Waals surface area contributed by atoms with E-state index < -0.39 is 5.41 Å². The molecule has 2 N–H and O–H groups in total. The molecule has 0 radical (unpaired) electrons. The third-order valence-corrected chi connectivity index (χ3v) is 11.6. The van der Waals surface area contributed by atoms with Gasteiger partial charge in [0.1, 0.15) is 24.2 Å². The number of phenolic OH excluding ortho intramolecular Hbond substituents is 1. The number of carbonyl (C=O) groups excluding carboxylic acids is 4. The van der Waals surface area contributed by atoms with Crippen molar-refractivity contribution in [2.24, 2.45) is 39.9 Å². The molecule has 0 aromatic heterocycles. The molecule has 3 aliphatic rings. The molecular formula is C44H74O12. The predicted octanol–water partition coefficient (Wildman–Crippen LogP) is 8.09. The second kappa shape index (κ2) is 25.2. The van der Waals surface area contributed by atoms with Crippen LogP contribution in [0.2, 0.25) is 0 Å². The topological polar surface area (TPSA) is 167 Å². The van der Waals surface area contributed by atoms with Gasteiger partial charge in [-0.25, -0.2) is 0 Å². The van der Waals surface area contributed by atoms with Crippen LogP contribution >= 0.6 is 0 Å². The van der Waals surface area contributed by atoms with E-state index in [2.05, 4.69) is 6.92 Å². The Labute approximate surface area is 336 Å². The molecule has 4 atom stereocenters. The molecule has 4 unspecified atom stereocenters. The van der Waals surface area contributed by atoms with Crippen LogP contribution in [0.25, 0.3) is 0 Å². The van der Waals surface area contributed by atoms with Crippen LogP contribution in [0.15, 0.2) is 24.3 Å². The molecule has 1 saturated carbocycles. The fourth-order valence-electron chi connectivity index (χ4n) is 5.80. The van der Waals surface area contributed by atoms with E-state index in [1.807, 2.05) is 62.3 Å². The van der Waals surface area contributed by atoms with Crippen molar-refractivity contribution in [1.82, 2.24) is 0 Å². The standard InChI is InChI=1S/C13H24O3.C12H16O3.C10H18O3.C9H16O3/c1-3-10(2)13(15)16-9-12-6-4-11(8-14)5-7-12;1-4-12(2,3)11(14)15-10-7-5-9(13)6-8-10;1-4-8-6-13-7-10(8,5-2)9(11)12-3;1-4-9(2,3)8(10)12-6-7-5-11-7/h10-12,14H,3-9H2,1-2H3;5-8,13H,4H2,1-3H3;8H,4-7H2,1-3H3;7H,4-6H2,1-3H3. The molecular weight excluding hydrogens is 720 g/mol. The first-order valence-electron chi connectivity index (χ1n) is 20.6. The van der Waals surface area contributed by atoms with Crippen LogP contribution in [-0.2, 0) is 42.9 Å². The Morgan fingerprint density at radius 2 is 1.39 bits per heavy atom. The highest BCUT2D eigenvalue weighted by molar-refractivity contribution is 5.78. The van der Waals surface area contributed by atoms with Crippen molar-refractivity contribution in [2.45, 2.75) is 133 Å². The Morgan fingerprint density at radius 3 is 1.86 bits per heavy atom. The molecule has 2 aliphatic heterocycles. The first kappa shape index (κ1) is 50.8. The van der Waals surface area contributed by atoms with Gasteiger partial charge in [-0.15, -0.1) is 0 Å². The highest BCUT2D eigenvalue weighted by Gasteiger charge is 2.48. The lowest BCUT2D eigenvalue weighted by Crippen LogP contribution is -2.38. The number of aliphatic hydroxyl groups is 1. The molecule has 3 fully saturated rings. The molecule has 2 saturated heterocycles. The van der Waals surface area contributed by atoms with Gasteiger partial charge in [-0.2, -0.15) is 0 Å². The highest BCUT2D eigenvalue weighted by atomic mass is 16.6. The number of esters is 4. The second-order valence-electron chi connectivity index (χ2n) is 16.5. The summed E-state index contributed by atoms with van der Waals surface area (Å²) in [6.07, 6.45) is 8.63. The summed E-state index contributed by atoms with van der Waals surface area (Å²) < 4.78 is 30.7. The number of carbonyl (C=O) groups is 4. The summed E-state index contributed by atoms with van der Waals surface area (Å²) in [5.41, 5.74) is -1.20. The first-order valence-corrected chi connectivity index (χ1v) is 20.6. The minimum absolute atomic E-state index is 0.0220. The van der Waals surface area contributed by atoms with Crippen LogP contribution in [0, 0.1) is 39.9 Å².